The molecule has 0 N–H and O–H groups in total. The van der Waals surface area contributed by atoms with Crippen molar-refractivity contribution < 1.29 is 4.79 Å². The van der Waals surface area contributed by atoms with E-state index in [1.807, 2.05) is 26.0 Å². The SMILES string of the molecule is C/C=C\C.O=C1CCC(/C=C/CCCc2ccccc2)C1. The third-order valence-electron chi connectivity index (χ3n) is 3.70. The maximum atomic E-state index is 11.1. The highest BCUT2D eigenvalue weighted by Crippen LogP contribution is 2.23. The molecule has 114 valence electrons. The van der Waals surface area contributed by atoms with Crippen LogP contribution in [0, 0.1) is 5.92 Å². The van der Waals surface area contributed by atoms with E-state index in [4.69, 9.17) is 0 Å². The molecule has 0 aromatic heterocycles. The lowest BCUT2D eigenvalue weighted by atomic mass is 10.1. The molecule has 1 aromatic carbocycles. The quantitative estimate of drug-likeness (QED) is 0.514. The van der Waals surface area contributed by atoms with Crippen LogP contribution in [-0.4, -0.2) is 5.78 Å². The van der Waals surface area contributed by atoms with Gasteiger partial charge in [0.25, 0.3) is 0 Å². The van der Waals surface area contributed by atoms with Gasteiger partial charge >= 0.3 is 0 Å². The number of benzene rings is 1. The fourth-order valence-corrected chi connectivity index (χ4v) is 2.36. The molecule has 1 aliphatic rings. The van der Waals surface area contributed by atoms with Gasteiger partial charge in [-0.05, 0) is 51.0 Å². The van der Waals surface area contributed by atoms with Gasteiger partial charge in [-0.1, -0.05) is 54.6 Å². The number of hydrogen-bond acceptors (Lipinski definition) is 1. The van der Waals surface area contributed by atoms with Crippen LogP contribution in [0.5, 0.6) is 0 Å². The summed E-state index contributed by atoms with van der Waals surface area (Å²) in [5, 5.41) is 0. The highest BCUT2D eigenvalue weighted by Gasteiger charge is 2.18. The fourth-order valence-electron chi connectivity index (χ4n) is 2.36. The zero-order chi connectivity index (χ0) is 15.3. The molecule has 1 atom stereocenters. The summed E-state index contributed by atoms with van der Waals surface area (Å²) in [5.41, 5.74) is 1.41. The second kappa shape index (κ2) is 11.1. The monoisotopic (exact) mass is 284 g/mol. The van der Waals surface area contributed by atoms with Crippen LogP contribution in [0.4, 0.5) is 0 Å². The first-order chi connectivity index (χ1) is 10.3. The zero-order valence-corrected chi connectivity index (χ0v) is 13.4. The number of carbonyl (C=O) groups is 1. The van der Waals surface area contributed by atoms with E-state index < -0.39 is 0 Å². The predicted molar refractivity (Wildman–Crippen MR) is 91.4 cm³/mol. The van der Waals surface area contributed by atoms with E-state index in [1.165, 1.54) is 12.0 Å². The summed E-state index contributed by atoms with van der Waals surface area (Å²) in [5.74, 6) is 0.961. The number of hydrogen-bond donors (Lipinski definition) is 0. The standard InChI is InChI=1S/C16H20O.C4H8/c17-16-12-11-15(13-16)10-6-2-5-9-14-7-3-1-4-8-14;1-3-4-2/h1,3-4,6-8,10,15H,2,5,9,11-13H2;3-4H,1-2H3/b10-6+;4-3-. The van der Waals surface area contributed by atoms with Crippen molar-refractivity contribution in [2.75, 3.05) is 0 Å². The third-order valence-corrected chi connectivity index (χ3v) is 3.70. The molecule has 0 amide bonds. The van der Waals surface area contributed by atoms with Crippen molar-refractivity contribution in [1.82, 2.24) is 0 Å². The molecule has 0 saturated heterocycles. The Balaban J connectivity index is 0.000000491. The Labute approximate surface area is 129 Å². The smallest absolute Gasteiger partial charge is 0.133 e. The lowest BCUT2D eigenvalue weighted by molar-refractivity contribution is -0.117. The topological polar surface area (TPSA) is 17.1 Å². The van der Waals surface area contributed by atoms with Crippen molar-refractivity contribution in [2.24, 2.45) is 5.92 Å². The van der Waals surface area contributed by atoms with Crippen molar-refractivity contribution in [3.05, 3.63) is 60.2 Å². The number of ketones is 1. The molecule has 0 aliphatic heterocycles. The van der Waals surface area contributed by atoms with Gasteiger partial charge in [0.05, 0.1) is 0 Å². The molecular weight excluding hydrogens is 256 g/mol. The minimum atomic E-state index is 0.434. The van der Waals surface area contributed by atoms with Gasteiger partial charge in [0.2, 0.25) is 0 Å². The van der Waals surface area contributed by atoms with Gasteiger partial charge < -0.3 is 0 Å². The highest BCUT2D eigenvalue weighted by molar-refractivity contribution is 5.80. The summed E-state index contributed by atoms with van der Waals surface area (Å²) >= 11 is 0. The normalized spacial score (nSPS) is 18.2. The molecule has 0 radical (unpaired) electrons. The van der Waals surface area contributed by atoms with Crippen LogP contribution < -0.4 is 0 Å². The number of carbonyl (C=O) groups excluding carboxylic acids is 1. The van der Waals surface area contributed by atoms with Crippen LogP contribution in [0.2, 0.25) is 0 Å². The van der Waals surface area contributed by atoms with Crippen LogP contribution in [-0.2, 0) is 11.2 Å². The summed E-state index contributed by atoms with van der Waals surface area (Å²) in [4.78, 5) is 11.1. The van der Waals surface area contributed by atoms with E-state index in [-0.39, 0.29) is 0 Å². The second-order valence-electron chi connectivity index (χ2n) is 5.51. The largest absolute Gasteiger partial charge is 0.300 e. The minimum Gasteiger partial charge on any atom is -0.300 e. The summed E-state index contributed by atoms with van der Waals surface area (Å²) in [6.07, 6.45) is 14.6. The Hall–Kier alpha value is -1.63. The third kappa shape index (κ3) is 8.29. The molecule has 1 saturated carbocycles. The zero-order valence-electron chi connectivity index (χ0n) is 13.4. The number of Topliss-reactive ketones (excluding diaryl/α,β-unsaturated/α-hetero) is 1. The Morgan fingerprint density at radius 1 is 1.14 bits per heavy atom. The van der Waals surface area contributed by atoms with Gasteiger partial charge in [-0.15, -0.1) is 0 Å². The van der Waals surface area contributed by atoms with Gasteiger partial charge in [0, 0.05) is 12.8 Å². The summed E-state index contributed by atoms with van der Waals surface area (Å²) < 4.78 is 0. The average molecular weight is 284 g/mol. The van der Waals surface area contributed by atoms with Crippen molar-refractivity contribution in [3.63, 3.8) is 0 Å². The molecule has 1 aromatic rings. The molecule has 2 rings (SSSR count). The minimum absolute atomic E-state index is 0.434. The maximum absolute atomic E-state index is 11.1. The van der Waals surface area contributed by atoms with Crippen LogP contribution >= 0.6 is 0 Å². The number of allylic oxidation sites excluding steroid dienone is 4. The van der Waals surface area contributed by atoms with E-state index in [0.29, 0.717) is 11.7 Å². The van der Waals surface area contributed by atoms with E-state index in [1.54, 1.807) is 0 Å². The molecule has 0 spiro atoms. The Kier molecular flexibility index (Phi) is 9.19. The van der Waals surface area contributed by atoms with Gasteiger partial charge in [0.15, 0.2) is 0 Å². The Bertz CT molecular complexity index is 438. The number of unbranched alkanes of at least 4 members (excludes halogenated alkanes) is 1. The van der Waals surface area contributed by atoms with Crippen molar-refractivity contribution >= 4 is 5.78 Å². The van der Waals surface area contributed by atoms with Crippen LogP contribution in [0.15, 0.2) is 54.6 Å². The molecule has 1 unspecified atom stereocenters. The molecular formula is C20H28O. The van der Waals surface area contributed by atoms with Gasteiger partial charge in [-0.25, -0.2) is 0 Å². The van der Waals surface area contributed by atoms with Gasteiger partial charge in [0.1, 0.15) is 5.78 Å². The predicted octanol–water partition coefficient (Wildman–Crippen LogP) is 5.52. The van der Waals surface area contributed by atoms with Crippen molar-refractivity contribution in [1.29, 1.82) is 0 Å². The van der Waals surface area contributed by atoms with Crippen molar-refractivity contribution in [2.45, 2.75) is 52.4 Å². The second-order valence-corrected chi connectivity index (χ2v) is 5.51. The molecule has 0 heterocycles. The van der Waals surface area contributed by atoms with E-state index in [2.05, 4.69) is 42.5 Å². The Morgan fingerprint density at radius 3 is 2.43 bits per heavy atom. The fraction of sp³-hybridized carbons (Fsp3) is 0.450. The summed E-state index contributed by atoms with van der Waals surface area (Å²) in [7, 11) is 0. The first-order valence-corrected chi connectivity index (χ1v) is 8.05. The van der Waals surface area contributed by atoms with E-state index in [9.17, 15) is 4.79 Å². The molecule has 1 fully saturated rings. The number of aryl methyl sites for hydroxylation is 1. The number of rotatable bonds is 5. The van der Waals surface area contributed by atoms with Gasteiger partial charge in [-0.3, -0.25) is 4.79 Å². The molecule has 21 heavy (non-hydrogen) atoms. The molecule has 1 aliphatic carbocycles. The van der Waals surface area contributed by atoms with E-state index in [0.717, 1.165) is 32.1 Å². The maximum Gasteiger partial charge on any atom is 0.133 e. The summed E-state index contributed by atoms with van der Waals surface area (Å²) in [6, 6.07) is 10.6. The van der Waals surface area contributed by atoms with Crippen molar-refractivity contribution in [3.8, 4) is 0 Å². The lowest BCUT2D eigenvalue weighted by Crippen LogP contribution is -1.90. The summed E-state index contributed by atoms with van der Waals surface area (Å²) in [6.45, 7) is 4.00. The Morgan fingerprint density at radius 2 is 1.86 bits per heavy atom. The first kappa shape index (κ1) is 17.4. The molecule has 0 bridgehead atoms. The van der Waals surface area contributed by atoms with Gasteiger partial charge in [-0.2, -0.15) is 0 Å². The lowest BCUT2D eigenvalue weighted by Gasteiger charge is -2.00. The average Bonchev–Trinajstić information content (AvgIpc) is 2.94. The molecule has 1 nitrogen and oxygen atoms in total. The van der Waals surface area contributed by atoms with Crippen LogP contribution in [0.25, 0.3) is 0 Å². The molecule has 1 heteroatoms. The van der Waals surface area contributed by atoms with Crippen LogP contribution in [0.3, 0.4) is 0 Å². The van der Waals surface area contributed by atoms with E-state index >= 15 is 0 Å². The van der Waals surface area contributed by atoms with Crippen LogP contribution in [0.1, 0.15) is 51.5 Å². The first-order valence-electron chi connectivity index (χ1n) is 8.05. The highest BCUT2D eigenvalue weighted by atomic mass is 16.1.